The van der Waals surface area contributed by atoms with E-state index in [2.05, 4.69) is 5.32 Å². The highest BCUT2D eigenvalue weighted by molar-refractivity contribution is 7.94. The van der Waals surface area contributed by atoms with Crippen molar-refractivity contribution in [2.45, 2.75) is 13.3 Å². The molecular formula is C19H18ClFN2O4S. The van der Waals surface area contributed by atoms with E-state index in [1.165, 1.54) is 31.2 Å². The van der Waals surface area contributed by atoms with Crippen LogP contribution < -0.4 is 9.62 Å². The summed E-state index contributed by atoms with van der Waals surface area (Å²) in [5, 5.41) is 2.75. The van der Waals surface area contributed by atoms with Gasteiger partial charge in [0.1, 0.15) is 5.82 Å². The van der Waals surface area contributed by atoms with E-state index in [-0.39, 0.29) is 40.8 Å². The summed E-state index contributed by atoms with van der Waals surface area (Å²) in [6.45, 7) is 1.70. The maximum Gasteiger partial charge on any atom is 0.252 e. The smallest absolute Gasteiger partial charge is 0.252 e. The van der Waals surface area contributed by atoms with E-state index in [1.807, 2.05) is 0 Å². The summed E-state index contributed by atoms with van der Waals surface area (Å²) < 4.78 is 38.8. The van der Waals surface area contributed by atoms with Crippen molar-refractivity contribution in [2.24, 2.45) is 5.92 Å². The molecule has 9 heteroatoms. The molecule has 28 heavy (non-hydrogen) atoms. The van der Waals surface area contributed by atoms with Crippen molar-refractivity contribution in [1.29, 1.82) is 0 Å². The molecule has 0 aromatic heterocycles. The number of rotatable bonds is 5. The van der Waals surface area contributed by atoms with Crippen molar-refractivity contribution in [1.82, 2.24) is 5.32 Å². The van der Waals surface area contributed by atoms with Crippen LogP contribution in [0.2, 0.25) is 5.02 Å². The maximum absolute atomic E-state index is 13.6. The summed E-state index contributed by atoms with van der Waals surface area (Å²) in [5.41, 5.74) is 0.568. The number of carbonyl (C=O) groups is 2. The lowest BCUT2D eigenvalue weighted by Gasteiger charge is -2.17. The van der Waals surface area contributed by atoms with Crippen LogP contribution in [-0.4, -0.2) is 32.5 Å². The van der Waals surface area contributed by atoms with Crippen LogP contribution in [0.5, 0.6) is 0 Å². The van der Waals surface area contributed by atoms with Crippen LogP contribution in [0.3, 0.4) is 0 Å². The van der Waals surface area contributed by atoms with Gasteiger partial charge in [0.15, 0.2) is 0 Å². The SMILES string of the molecule is CC1CS(=O)(=O)N(c2ccc(Cl)c(C(=O)NCCc3ccccc3F)c2)C1=O. The third kappa shape index (κ3) is 4.02. The second kappa shape index (κ2) is 7.89. The molecule has 2 amide bonds. The first kappa shape index (κ1) is 20.3. The molecule has 0 aliphatic carbocycles. The Morgan fingerprint density at radius 3 is 2.64 bits per heavy atom. The van der Waals surface area contributed by atoms with Crippen LogP contribution in [0, 0.1) is 11.7 Å². The maximum atomic E-state index is 13.6. The lowest BCUT2D eigenvalue weighted by atomic mass is 10.1. The molecule has 1 atom stereocenters. The predicted molar refractivity (Wildman–Crippen MR) is 104 cm³/mol. The van der Waals surface area contributed by atoms with E-state index in [0.717, 1.165) is 0 Å². The highest BCUT2D eigenvalue weighted by atomic mass is 35.5. The Kier molecular flexibility index (Phi) is 5.71. The molecule has 3 rings (SSSR count). The molecule has 1 aliphatic rings. The number of amides is 2. The average Bonchev–Trinajstić information content (AvgIpc) is 2.84. The van der Waals surface area contributed by atoms with Gasteiger partial charge in [-0.2, -0.15) is 0 Å². The number of benzene rings is 2. The van der Waals surface area contributed by atoms with E-state index in [4.69, 9.17) is 11.6 Å². The Morgan fingerprint density at radius 1 is 1.29 bits per heavy atom. The van der Waals surface area contributed by atoms with E-state index < -0.39 is 27.8 Å². The molecule has 148 valence electrons. The van der Waals surface area contributed by atoms with Gasteiger partial charge in [0.2, 0.25) is 15.9 Å². The third-order valence-corrected chi connectivity index (χ3v) is 6.63. The summed E-state index contributed by atoms with van der Waals surface area (Å²) >= 11 is 6.08. The zero-order chi connectivity index (χ0) is 20.5. The lowest BCUT2D eigenvalue weighted by Crippen LogP contribution is -2.31. The van der Waals surface area contributed by atoms with Gasteiger partial charge in [-0.25, -0.2) is 17.1 Å². The number of sulfonamides is 1. The second-order valence-corrected chi connectivity index (χ2v) is 8.81. The van der Waals surface area contributed by atoms with Gasteiger partial charge in [0.25, 0.3) is 5.91 Å². The minimum atomic E-state index is -3.78. The lowest BCUT2D eigenvalue weighted by molar-refractivity contribution is -0.119. The van der Waals surface area contributed by atoms with Gasteiger partial charge in [-0.05, 0) is 36.2 Å². The molecule has 1 saturated heterocycles. The van der Waals surface area contributed by atoms with Gasteiger partial charge in [-0.1, -0.05) is 36.7 Å². The molecule has 1 heterocycles. The number of hydrogen-bond acceptors (Lipinski definition) is 4. The Hall–Kier alpha value is -2.45. The number of halogens is 2. The van der Waals surface area contributed by atoms with Crippen LogP contribution in [0.25, 0.3) is 0 Å². The van der Waals surface area contributed by atoms with Gasteiger partial charge in [0, 0.05) is 6.54 Å². The van der Waals surface area contributed by atoms with Gasteiger partial charge in [-0.3, -0.25) is 9.59 Å². The largest absolute Gasteiger partial charge is 0.352 e. The van der Waals surface area contributed by atoms with Crippen molar-refractivity contribution in [3.63, 3.8) is 0 Å². The molecule has 1 unspecified atom stereocenters. The molecule has 0 bridgehead atoms. The standard InChI is InChI=1S/C19H18ClFN2O4S/c1-12-11-28(26,27)23(19(12)25)14-6-7-16(20)15(10-14)18(24)22-9-8-13-4-2-3-5-17(13)21/h2-7,10,12H,8-9,11H2,1H3,(H,22,24). The first-order valence-corrected chi connectivity index (χ1v) is 10.6. The van der Waals surface area contributed by atoms with Crippen molar-refractivity contribution in [2.75, 3.05) is 16.6 Å². The van der Waals surface area contributed by atoms with Gasteiger partial charge in [0.05, 0.1) is 27.9 Å². The third-order valence-electron chi connectivity index (χ3n) is 4.43. The molecule has 0 spiro atoms. The molecule has 0 saturated carbocycles. The van der Waals surface area contributed by atoms with E-state index in [9.17, 15) is 22.4 Å². The number of anilines is 1. The first-order valence-electron chi connectivity index (χ1n) is 8.58. The van der Waals surface area contributed by atoms with Crippen LogP contribution in [0.4, 0.5) is 10.1 Å². The van der Waals surface area contributed by atoms with Crippen molar-refractivity contribution in [3.05, 3.63) is 64.4 Å². The Morgan fingerprint density at radius 2 is 2.00 bits per heavy atom. The van der Waals surface area contributed by atoms with Crippen LogP contribution >= 0.6 is 11.6 Å². The summed E-state index contributed by atoms with van der Waals surface area (Å²) in [6, 6.07) is 10.3. The average molecular weight is 425 g/mol. The fraction of sp³-hybridized carbons (Fsp3) is 0.263. The normalized spacial score (nSPS) is 18.3. The van der Waals surface area contributed by atoms with Gasteiger partial charge >= 0.3 is 0 Å². The number of carbonyl (C=O) groups excluding carboxylic acids is 2. The number of nitrogens with zero attached hydrogens (tertiary/aromatic N) is 1. The summed E-state index contributed by atoms with van der Waals surface area (Å²) in [6.07, 6.45) is 0.284. The highest BCUT2D eigenvalue weighted by Crippen LogP contribution is 2.31. The van der Waals surface area contributed by atoms with Crippen LogP contribution in [0.1, 0.15) is 22.8 Å². The zero-order valence-electron chi connectivity index (χ0n) is 15.0. The van der Waals surface area contributed by atoms with E-state index >= 15 is 0 Å². The Bertz CT molecular complexity index is 1040. The molecular weight excluding hydrogens is 407 g/mol. The van der Waals surface area contributed by atoms with Crippen molar-refractivity contribution >= 4 is 39.1 Å². The monoisotopic (exact) mass is 424 g/mol. The van der Waals surface area contributed by atoms with E-state index in [0.29, 0.717) is 9.87 Å². The second-order valence-electron chi connectivity index (χ2n) is 6.54. The Labute approximate surface area is 167 Å². The fourth-order valence-corrected chi connectivity index (χ4v) is 5.02. The number of nitrogens with one attached hydrogen (secondary N) is 1. The number of hydrogen-bond donors (Lipinski definition) is 1. The quantitative estimate of drug-likeness (QED) is 0.800. The summed E-state index contributed by atoms with van der Waals surface area (Å²) in [4.78, 5) is 24.7. The minimum absolute atomic E-state index is 0.0373. The molecule has 2 aromatic carbocycles. The molecule has 0 radical (unpaired) electrons. The molecule has 1 fully saturated rings. The van der Waals surface area contributed by atoms with Crippen LogP contribution in [0.15, 0.2) is 42.5 Å². The molecule has 1 aliphatic heterocycles. The van der Waals surface area contributed by atoms with Crippen molar-refractivity contribution in [3.8, 4) is 0 Å². The highest BCUT2D eigenvalue weighted by Gasteiger charge is 2.42. The molecule has 1 N–H and O–H groups in total. The fourth-order valence-electron chi connectivity index (χ4n) is 3.01. The topological polar surface area (TPSA) is 83.6 Å². The van der Waals surface area contributed by atoms with Gasteiger partial charge < -0.3 is 5.32 Å². The van der Waals surface area contributed by atoms with Crippen molar-refractivity contribution < 1.29 is 22.4 Å². The van der Waals surface area contributed by atoms with E-state index in [1.54, 1.807) is 18.2 Å². The summed E-state index contributed by atoms with van der Waals surface area (Å²) in [7, 11) is -3.78. The molecule has 2 aromatic rings. The Balaban J connectivity index is 1.77. The zero-order valence-corrected chi connectivity index (χ0v) is 16.6. The molecule has 6 nitrogen and oxygen atoms in total. The first-order chi connectivity index (χ1) is 13.2. The van der Waals surface area contributed by atoms with Crippen LogP contribution in [-0.2, 0) is 21.2 Å². The summed E-state index contributed by atoms with van der Waals surface area (Å²) in [5.74, 6) is -2.38. The van der Waals surface area contributed by atoms with Gasteiger partial charge in [-0.15, -0.1) is 0 Å². The predicted octanol–water partition coefficient (Wildman–Crippen LogP) is 2.76. The minimum Gasteiger partial charge on any atom is -0.352 e.